The van der Waals surface area contributed by atoms with E-state index in [0.717, 1.165) is 31.9 Å². The van der Waals surface area contributed by atoms with Crippen molar-refractivity contribution in [3.05, 3.63) is 75.6 Å². The van der Waals surface area contributed by atoms with E-state index in [2.05, 4.69) is 15.9 Å². The van der Waals surface area contributed by atoms with Crippen LogP contribution in [0.3, 0.4) is 0 Å². The minimum Gasteiger partial charge on any atom is -0.491 e. The monoisotopic (exact) mass is 527 g/mol. The lowest BCUT2D eigenvalue weighted by Crippen LogP contribution is -2.32. The average Bonchev–Trinajstić information content (AvgIpc) is 3.06. The van der Waals surface area contributed by atoms with Crippen LogP contribution in [0.1, 0.15) is 5.56 Å². The number of rotatable bonds is 8. The summed E-state index contributed by atoms with van der Waals surface area (Å²) in [7, 11) is 0. The third-order valence-corrected chi connectivity index (χ3v) is 6.21. The molecule has 3 aromatic rings. The van der Waals surface area contributed by atoms with Crippen LogP contribution >= 0.6 is 27.7 Å². The molecule has 1 N–H and O–H groups in total. The number of carboxylic acids is 1. The van der Waals surface area contributed by atoms with Crippen LogP contribution in [0, 0.1) is 0 Å². The van der Waals surface area contributed by atoms with Crippen molar-refractivity contribution >= 4 is 61.7 Å². The molecule has 9 heteroatoms. The molecule has 168 valence electrons. The molecular formula is C24H18BrNO6S. The molecule has 0 aliphatic carbocycles. The van der Waals surface area contributed by atoms with E-state index in [1.807, 2.05) is 42.5 Å². The Labute approximate surface area is 202 Å². The van der Waals surface area contributed by atoms with Crippen molar-refractivity contribution in [1.29, 1.82) is 0 Å². The normalized spacial score (nSPS) is 14.8. The first kappa shape index (κ1) is 22.9. The first-order chi connectivity index (χ1) is 15.9. The second-order valence-electron chi connectivity index (χ2n) is 7.02. The molecule has 1 heterocycles. The number of ether oxygens (including phenoxy) is 2. The minimum atomic E-state index is -1.12. The van der Waals surface area contributed by atoms with Crippen LogP contribution in [-0.4, -0.2) is 46.9 Å². The number of amides is 2. The van der Waals surface area contributed by atoms with Crippen LogP contribution < -0.4 is 9.47 Å². The molecule has 3 aromatic carbocycles. The fraction of sp³-hybridized carbons (Fsp3) is 0.125. The molecule has 0 radical (unpaired) electrons. The summed E-state index contributed by atoms with van der Waals surface area (Å²) in [5.41, 5.74) is 0.489. The van der Waals surface area contributed by atoms with Crippen LogP contribution in [0.4, 0.5) is 4.79 Å². The lowest BCUT2D eigenvalue weighted by atomic mass is 10.1. The van der Waals surface area contributed by atoms with Crippen molar-refractivity contribution in [1.82, 2.24) is 4.90 Å². The van der Waals surface area contributed by atoms with Crippen molar-refractivity contribution in [2.24, 2.45) is 0 Å². The Balaban J connectivity index is 1.46. The maximum atomic E-state index is 12.9. The van der Waals surface area contributed by atoms with Gasteiger partial charge in [0.15, 0.2) is 6.61 Å². The lowest BCUT2D eigenvalue weighted by Gasteiger charge is -2.14. The van der Waals surface area contributed by atoms with E-state index in [1.165, 1.54) is 6.08 Å². The van der Waals surface area contributed by atoms with E-state index in [4.69, 9.17) is 14.6 Å². The summed E-state index contributed by atoms with van der Waals surface area (Å²) in [4.78, 5) is 37.5. The number of hydrogen-bond donors (Lipinski definition) is 1. The summed E-state index contributed by atoms with van der Waals surface area (Å²) < 4.78 is 11.9. The molecule has 0 aromatic heterocycles. The van der Waals surface area contributed by atoms with Gasteiger partial charge in [-0.15, -0.1) is 0 Å². The summed E-state index contributed by atoms with van der Waals surface area (Å²) in [5, 5.41) is 10.5. The van der Waals surface area contributed by atoms with E-state index >= 15 is 0 Å². The van der Waals surface area contributed by atoms with Crippen LogP contribution in [0.25, 0.3) is 16.8 Å². The Morgan fingerprint density at radius 1 is 1.03 bits per heavy atom. The summed E-state index contributed by atoms with van der Waals surface area (Å²) in [6.07, 6.45) is 1.53. The fourth-order valence-electron chi connectivity index (χ4n) is 3.31. The second kappa shape index (κ2) is 10.1. The van der Waals surface area contributed by atoms with Crippen LogP contribution in [-0.2, 0) is 9.59 Å². The van der Waals surface area contributed by atoms with E-state index in [-0.39, 0.29) is 18.1 Å². The molecule has 1 saturated heterocycles. The lowest BCUT2D eigenvalue weighted by molar-refractivity contribution is -0.139. The van der Waals surface area contributed by atoms with Crippen molar-refractivity contribution in [2.45, 2.75) is 0 Å². The van der Waals surface area contributed by atoms with E-state index in [1.54, 1.807) is 18.2 Å². The molecule has 0 atom stereocenters. The largest absolute Gasteiger partial charge is 0.491 e. The fourth-order valence-corrected chi connectivity index (χ4v) is 4.54. The van der Waals surface area contributed by atoms with Gasteiger partial charge in [-0.25, -0.2) is 4.79 Å². The predicted molar refractivity (Wildman–Crippen MR) is 129 cm³/mol. The number of nitrogens with zero attached hydrogens (tertiary/aromatic N) is 1. The molecule has 1 aliphatic rings. The highest BCUT2D eigenvalue weighted by Crippen LogP contribution is 2.35. The quantitative estimate of drug-likeness (QED) is 0.403. The van der Waals surface area contributed by atoms with Gasteiger partial charge >= 0.3 is 5.97 Å². The smallest absolute Gasteiger partial charge is 0.341 e. The van der Waals surface area contributed by atoms with Crippen molar-refractivity contribution < 1.29 is 29.0 Å². The third kappa shape index (κ3) is 5.37. The zero-order valence-electron chi connectivity index (χ0n) is 17.2. The molecule has 1 aliphatic heterocycles. The van der Waals surface area contributed by atoms with Gasteiger partial charge in [0, 0.05) is 15.4 Å². The van der Waals surface area contributed by atoms with Gasteiger partial charge in [0.05, 0.1) is 11.4 Å². The van der Waals surface area contributed by atoms with Crippen LogP contribution in [0.15, 0.2) is 70.0 Å². The van der Waals surface area contributed by atoms with Crippen LogP contribution in [0.5, 0.6) is 11.5 Å². The molecule has 0 saturated carbocycles. The number of thioether (sulfide) groups is 1. The number of aliphatic carboxylic acids is 1. The van der Waals surface area contributed by atoms with E-state index < -0.39 is 23.7 Å². The van der Waals surface area contributed by atoms with Gasteiger partial charge in [-0.05, 0) is 47.5 Å². The average molecular weight is 528 g/mol. The van der Waals surface area contributed by atoms with Gasteiger partial charge in [0.25, 0.3) is 11.1 Å². The third-order valence-electron chi connectivity index (χ3n) is 4.81. The second-order valence-corrected chi connectivity index (χ2v) is 8.93. The predicted octanol–water partition coefficient (Wildman–Crippen LogP) is 5.18. The van der Waals surface area contributed by atoms with Gasteiger partial charge < -0.3 is 14.6 Å². The molecule has 33 heavy (non-hydrogen) atoms. The van der Waals surface area contributed by atoms with Gasteiger partial charge in [0.1, 0.15) is 18.1 Å². The standard InChI is InChI=1S/C24H18BrNO6S/c25-17-8-9-19(32-14-22(27)28)16(12-17)13-21-23(29)26(24(30)33-21)10-11-31-20-7-3-5-15-4-1-2-6-18(15)20/h1-9,12-13H,10-11,14H2,(H,27,28)/b21-13-. The van der Waals surface area contributed by atoms with Gasteiger partial charge in [-0.1, -0.05) is 52.3 Å². The SMILES string of the molecule is O=C(O)COc1ccc(Br)cc1/C=C1\SC(=O)N(CCOc2cccc3ccccc23)C1=O. The topological polar surface area (TPSA) is 93.1 Å². The number of benzene rings is 3. The molecular weight excluding hydrogens is 510 g/mol. The molecule has 0 bridgehead atoms. The van der Waals surface area contributed by atoms with Crippen molar-refractivity contribution in [3.63, 3.8) is 0 Å². The number of imide groups is 1. The highest BCUT2D eigenvalue weighted by molar-refractivity contribution is 9.10. The Morgan fingerprint density at radius 2 is 1.82 bits per heavy atom. The van der Waals surface area contributed by atoms with Crippen molar-refractivity contribution in [2.75, 3.05) is 19.8 Å². The molecule has 1 fully saturated rings. The number of halogens is 1. The summed E-state index contributed by atoms with van der Waals surface area (Å²) >= 11 is 4.17. The summed E-state index contributed by atoms with van der Waals surface area (Å²) in [6.45, 7) is -0.259. The first-order valence-electron chi connectivity index (χ1n) is 9.92. The highest BCUT2D eigenvalue weighted by Gasteiger charge is 2.35. The minimum absolute atomic E-state index is 0.103. The summed E-state index contributed by atoms with van der Waals surface area (Å²) in [6, 6.07) is 18.5. The molecule has 4 rings (SSSR count). The Kier molecular flexibility index (Phi) is 7.00. The number of hydrogen-bond acceptors (Lipinski definition) is 6. The highest BCUT2D eigenvalue weighted by atomic mass is 79.9. The van der Waals surface area contributed by atoms with E-state index in [9.17, 15) is 14.4 Å². The maximum Gasteiger partial charge on any atom is 0.341 e. The number of fused-ring (bicyclic) bond motifs is 1. The number of carboxylic acid groups (broad SMARTS) is 1. The number of carbonyl (C=O) groups is 3. The molecule has 7 nitrogen and oxygen atoms in total. The first-order valence-corrected chi connectivity index (χ1v) is 11.5. The maximum absolute atomic E-state index is 12.9. The summed E-state index contributed by atoms with van der Waals surface area (Å²) in [5.74, 6) is -0.567. The Bertz CT molecular complexity index is 1270. The zero-order valence-corrected chi connectivity index (χ0v) is 19.6. The van der Waals surface area contributed by atoms with Crippen LogP contribution in [0.2, 0.25) is 0 Å². The Morgan fingerprint density at radius 3 is 2.64 bits per heavy atom. The number of carbonyl (C=O) groups excluding carboxylic acids is 2. The Hall–Kier alpha value is -3.30. The van der Waals surface area contributed by atoms with Crippen molar-refractivity contribution in [3.8, 4) is 11.5 Å². The van der Waals surface area contributed by atoms with Gasteiger partial charge in [-0.2, -0.15) is 0 Å². The molecule has 0 spiro atoms. The zero-order chi connectivity index (χ0) is 23.4. The molecule has 0 unspecified atom stereocenters. The molecule has 2 amide bonds. The van der Waals surface area contributed by atoms with Gasteiger partial charge in [-0.3, -0.25) is 14.5 Å². The van der Waals surface area contributed by atoms with E-state index in [0.29, 0.717) is 17.1 Å². The van der Waals surface area contributed by atoms with Gasteiger partial charge in [0.2, 0.25) is 0 Å².